The Kier molecular flexibility index (Phi) is 6.13. The van der Waals surface area contributed by atoms with E-state index in [1.807, 2.05) is 12.1 Å². The standard InChI is InChI=1S/C46H39N3O/c1-45(2)21-22-46(3,4)37-27-39-35(26-36(37)45)34-24-29-15-8-9-16-30(29)25-38(34)49(39)32-18-12-17-31(23-32)43-47-42(28-13-6-5-7-14-28)41-33-19-10-11-20-40(33)50-44(41)48-43/h5-20,23-27,43,48H,21-22H2,1-4H3. The number of fused-ring (bicyclic) bond motifs is 8. The van der Waals surface area contributed by atoms with Gasteiger partial charge in [-0.05, 0) is 93.6 Å². The number of aliphatic imine (C=N–C) groups is 1. The van der Waals surface area contributed by atoms with Crippen molar-refractivity contribution >= 4 is 55.1 Å². The van der Waals surface area contributed by atoms with E-state index in [9.17, 15) is 0 Å². The number of nitrogens with zero attached hydrogens (tertiary/aromatic N) is 2. The molecular weight excluding hydrogens is 611 g/mol. The Morgan fingerprint density at radius 2 is 1.30 bits per heavy atom. The summed E-state index contributed by atoms with van der Waals surface area (Å²) in [4.78, 5) is 5.40. The summed E-state index contributed by atoms with van der Waals surface area (Å²) in [5.41, 5.74) is 11.8. The normalized spacial score (nSPS) is 17.8. The van der Waals surface area contributed by atoms with Crippen LogP contribution in [0.15, 0.2) is 137 Å². The van der Waals surface area contributed by atoms with Crippen molar-refractivity contribution in [3.63, 3.8) is 0 Å². The first-order valence-corrected chi connectivity index (χ1v) is 17.8. The van der Waals surface area contributed by atoms with E-state index in [2.05, 4.69) is 153 Å². The number of para-hydroxylation sites is 1. The predicted octanol–water partition coefficient (Wildman–Crippen LogP) is 12.0. The van der Waals surface area contributed by atoms with E-state index in [1.165, 1.54) is 56.5 Å². The fourth-order valence-electron chi connectivity index (χ4n) is 8.58. The molecule has 0 fully saturated rings. The van der Waals surface area contributed by atoms with Gasteiger partial charge in [-0.15, -0.1) is 0 Å². The molecule has 8 aromatic rings. The van der Waals surface area contributed by atoms with Crippen molar-refractivity contribution in [2.24, 2.45) is 4.99 Å². The molecule has 1 unspecified atom stereocenters. The number of anilines is 1. The van der Waals surface area contributed by atoms with Gasteiger partial charge >= 0.3 is 0 Å². The summed E-state index contributed by atoms with van der Waals surface area (Å²) in [5, 5.41) is 9.85. The third kappa shape index (κ3) is 4.34. The third-order valence-electron chi connectivity index (χ3n) is 11.5. The van der Waals surface area contributed by atoms with Crippen molar-refractivity contribution in [2.45, 2.75) is 57.5 Å². The van der Waals surface area contributed by atoms with Crippen LogP contribution < -0.4 is 5.32 Å². The Hall–Kier alpha value is -5.61. The molecule has 2 aliphatic rings. The second-order valence-electron chi connectivity index (χ2n) is 15.5. The van der Waals surface area contributed by atoms with Crippen LogP contribution in [0.1, 0.15) is 74.5 Å². The fraction of sp³-hybridized carbons (Fsp3) is 0.196. The highest BCUT2D eigenvalue weighted by Gasteiger charge is 2.38. The number of rotatable bonds is 3. The van der Waals surface area contributed by atoms with Gasteiger partial charge in [-0.2, -0.15) is 0 Å². The van der Waals surface area contributed by atoms with E-state index in [0.29, 0.717) is 0 Å². The molecule has 4 heteroatoms. The molecule has 0 saturated heterocycles. The van der Waals surface area contributed by atoms with Gasteiger partial charge in [0.05, 0.1) is 22.3 Å². The van der Waals surface area contributed by atoms with Crippen molar-refractivity contribution in [1.82, 2.24) is 4.57 Å². The molecule has 2 aromatic heterocycles. The van der Waals surface area contributed by atoms with Crippen LogP contribution in [0, 0.1) is 0 Å². The van der Waals surface area contributed by atoms with Crippen molar-refractivity contribution < 1.29 is 4.42 Å². The lowest BCUT2D eigenvalue weighted by Gasteiger charge is -2.42. The van der Waals surface area contributed by atoms with Gasteiger partial charge in [0, 0.05) is 27.4 Å². The third-order valence-corrected chi connectivity index (χ3v) is 11.5. The lowest BCUT2D eigenvalue weighted by Crippen LogP contribution is -2.33. The zero-order chi connectivity index (χ0) is 33.8. The molecule has 3 heterocycles. The predicted molar refractivity (Wildman–Crippen MR) is 208 cm³/mol. The minimum Gasteiger partial charge on any atom is -0.440 e. The van der Waals surface area contributed by atoms with Crippen LogP contribution in [0.2, 0.25) is 0 Å². The van der Waals surface area contributed by atoms with Gasteiger partial charge in [-0.25, -0.2) is 0 Å². The monoisotopic (exact) mass is 649 g/mol. The summed E-state index contributed by atoms with van der Waals surface area (Å²) in [6, 6.07) is 46.1. The quantitative estimate of drug-likeness (QED) is 0.207. The summed E-state index contributed by atoms with van der Waals surface area (Å²) in [6.07, 6.45) is 2.05. The van der Waals surface area contributed by atoms with Crippen LogP contribution in [-0.2, 0) is 10.8 Å². The van der Waals surface area contributed by atoms with Crippen molar-refractivity contribution in [3.8, 4) is 5.69 Å². The maximum Gasteiger partial charge on any atom is 0.205 e. The molecule has 0 radical (unpaired) electrons. The highest BCUT2D eigenvalue weighted by Crippen LogP contribution is 2.49. The van der Waals surface area contributed by atoms with Crippen molar-refractivity contribution in [2.75, 3.05) is 5.32 Å². The van der Waals surface area contributed by atoms with Crippen LogP contribution >= 0.6 is 0 Å². The Morgan fingerprint density at radius 1 is 0.640 bits per heavy atom. The number of furan rings is 1. The SMILES string of the molecule is CC1(C)CCC(C)(C)c2cc3c(cc21)c1cc2ccccc2cc1n3-c1cccc(C2N=C(c3ccccc3)c3c(oc4ccccc34)N2)c1. The highest BCUT2D eigenvalue weighted by molar-refractivity contribution is 6.23. The van der Waals surface area contributed by atoms with E-state index < -0.39 is 0 Å². The van der Waals surface area contributed by atoms with Crippen LogP contribution in [0.3, 0.4) is 0 Å². The number of hydrogen-bond acceptors (Lipinski definition) is 3. The Bertz CT molecular complexity index is 2690. The van der Waals surface area contributed by atoms with E-state index in [1.54, 1.807) is 0 Å². The summed E-state index contributed by atoms with van der Waals surface area (Å²) in [6.45, 7) is 9.66. The molecule has 1 aliphatic carbocycles. The number of aromatic nitrogens is 1. The van der Waals surface area contributed by atoms with Gasteiger partial charge in [0.15, 0.2) is 0 Å². The fourth-order valence-corrected chi connectivity index (χ4v) is 8.58. The molecule has 1 atom stereocenters. The van der Waals surface area contributed by atoms with Gasteiger partial charge in [-0.3, -0.25) is 4.99 Å². The van der Waals surface area contributed by atoms with Crippen LogP contribution in [0.25, 0.3) is 49.2 Å². The van der Waals surface area contributed by atoms with Gasteiger partial charge < -0.3 is 14.3 Å². The van der Waals surface area contributed by atoms with E-state index in [-0.39, 0.29) is 17.0 Å². The zero-order valence-electron chi connectivity index (χ0n) is 28.9. The molecule has 0 amide bonds. The molecule has 0 spiro atoms. The van der Waals surface area contributed by atoms with Crippen LogP contribution in [0.4, 0.5) is 5.88 Å². The smallest absolute Gasteiger partial charge is 0.205 e. The summed E-state index contributed by atoms with van der Waals surface area (Å²) < 4.78 is 8.93. The molecule has 244 valence electrons. The molecule has 4 nitrogen and oxygen atoms in total. The molecular formula is C46H39N3O. The summed E-state index contributed by atoms with van der Waals surface area (Å²) in [7, 11) is 0. The topological polar surface area (TPSA) is 42.5 Å². The van der Waals surface area contributed by atoms with Crippen molar-refractivity contribution in [3.05, 3.63) is 155 Å². The Morgan fingerprint density at radius 3 is 2.10 bits per heavy atom. The minimum atomic E-state index is -0.320. The molecule has 1 N–H and O–H groups in total. The van der Waals surface area contributed by atoms with E-state index in [0.717, 1.165) is 44.9 Å². The first-order chi connectivity index (χ1) is 24.2. The second-order valence-corrected chi connectivity index (χ2v) is 15.5. The Balaban J connectivity index is 1.20. The largest absolute Gasteiger partial charge is 0.440 e. The average Bonchev–Trinajstić information content (AvgIpc) is 3.67. The Labute approximate surface area is 292 Å². The maximum absolute atomic E-state index is 6.44. The minimum absolute atomic E-state index is 0.103. The first kappa shape index (κ1) is 29.3. The van der Waals surface area contributed by atoms with Gasteiger partial charge in [0.25, 0.3) is 0 Å². The van der Waals surface area contributed by atoms with Crippen LogP contribution in [-0.4, -0.2) is 10.3 Å². The number of nitrogens with one attached hydrogen (secondary N) is 1. The molecule has 6 aromatic carbocycles. The summed E-state index contributed by atoms with van der Waals surface area (Å²) in [5.74, 6) is 0.760. The van der Waals surface area contributed by atoms with Gasteiger partial charge in [-0.1, -0.05) is 113 Å². The average molecular weight is 650 g/mol. The second kappa shape index (κ2) is 10.4. The number of hydrogen-bond donors (Lipinski definition) is 1. The lowest BCUT2D eigenvalue weighted by molar-refractivity contribution is 0.332. The van der Waals surface area contributed by atoms with E-state index in [4.69, 9.17) is 9.41 Å². The first-order valence-electron chi connectivity index (χ1n) is 17.8. The molecule has 1 aliphatic heterocycles. The van der Waals surface area contributed by atoms with E-state index >= 15 is 0 Å². The van der Waals surface area contributed by atoms with Gasteiger partial charge in [0.1, 0.15) is 11.7 Å². The van der Waals surface area contributed by atoms with Crippen LogP contribution in [0.5, 0.6) is 0 Å². The van der Waals surface area contributed by atoms with Crippen molar-refractivity contribution in [1.29, 1.82) is 0 Å². The molecule has 0 bridgehead atoms. The van der Waals surface area contributed by atoms with Gasteiger partial charge in [0.2, 0.25) is 5.88 Å². The zero-order valence-corrected chi connectivity index (χ0v) is 28.9. The molecule has 0 saturated carbocycles. The maximum atomic E-state index is 6.44. The lowest BCUT2D eigenvalue weighted by atomic mass is 9.63. The highest BCUT2D eigenvalue weighted by atomic mass is 16.4. The molecule has 10 rings (SSSR count). The molecule has 50 heavy (non-hydrogen) atoms. The summed E-state index contributed by atoms with van der Waals surface area (Å²) >= 11 is 0. The number of benzene rings is 6.